The number of carboxylic acids is 1. The third-order valence-corrected chi connectivity index (χ3v) is 4.67. The number of carbonyl (C=O) groups is 2. The van der Waals surface area contributed by atoms with Crippen LogP contribution in [0, 0.1) is 0 Å². The van der Waals surface area contributed by atoms with Gasteiger partial charge in [-0.15, -0.1) is 11.3 Å². The number of hydrogen-bond donors (Lipinski definition) is 2. The van der Waals surface area contributed by atoms with Gasteiger partial charge in [0.25, 0.3) is 0 Å². The van der Waals surface area contributed by atoms with Crippen molar-refractivity contribution < 1.29 is 19.4 Å². The fourth-order valence-corrected chi connectivity index (χ4v) is 3.66. The highest BCUT2D eigenvalue weighted by Gasteiger charge is 2.24. The number of thiophene rings is 1. The van der Waals surface area contributed by atoms with Gasteiger partial charge >= 0.3 is 5.97 Å². The molecule has 0 aromatic carbocycles. The smallest absolute Gasteiger partial charge is 0.338 e. The van der Waals surface area contributed by atoms with E-state index in [0.29, 0.717) is 18.1 Å². The first-order valence-electron chi connectivity index (χ1n) is 7.42. The summed E-state index contributed by atoms with van der Waals surface area (Å²) in [5, 5.41) is 12.4. The quantitative estimate of drug-likeness (QED) is 0.866. The minimum absolute atomic E-state index is 0.0968. The summed E-state index contributed by atoms with van der Waals surface area (Å²) in [4.78, 5) is 26.4. The van der Waals surface area contributed by atoms with Crippen LogP contribution in [0.5, 0.6) is 0 Å². The topological polar surface area (TPSA) is 78.9 Å². The minimum Gasteiger partial charge on any atom is -0.478 e. The van der Waals surface area contributed by atoms with Crippen LogP contribution in [-0.2, 0) is 16.0 Å². The standard InChI is InChI=1S/C15H22N2O4S/c1-4-11-5-12(15(19)20)14(22-11)16-13(18)8-17-6-9(2)21-10(3)7-17/h5,9-10H,4,6-8H2,1-3H3,(H,16,18)(H,19,20). The molecule has 1 amide bonds. The predicted molar refractivity (Wildman–Crippen MR) is 85.7 cm³/mol. The van der Waals surface area contributed by atoms with Gasteiger partial charge in [-0.3, -0.25) is 9.69 Å². The second-order valence-corrected chi connectivity index (χ2v) is 6.75. The molecule has 0 saturated carbocycles. The summed E-state index contributed by atoms with van der Waals surface area (Å²) < 4.78 is 5.64. The Balaban J connectivity index is 2.00. The summed E-state index contributed by atoms with van der Waals surface area (Å²) in [5.74, 6) is -1.20. The van der Waals surface area contributed by atoms with Crippen LogP contribution in [0.2, 0.25) is 0 Å². The second-order valence-electron chi connectivity index (χ2n) is 5.61. The minimum atomic E-state index is -1.01. The van der Waals surface area contributed by atoms with Gasteiger partial charge < -0.3 is 15.2 Å². The fraction of sp³-hybridized carbons (Fsp3) is 0.600. The van der Waals surface area contributed by atoms with Crippen LogP contribution < -0.4 is 5.32 Å². The van der Waals surface area contributed by atoms with E-state index in [2.05, 4.69) is 5.32 Å². The molecule has 0 radical (unpaired) electrons. The lowest BCUT2D eigenvalue weighted by molar-refractivity contribution is -0.121. The molecule has 7 heteroatoms. The van der Waals surface area contributed by atoms with Crippen LogP contribution in [0.3, 0.4) is 0 Å². The van der Waals surface area contributed by atoms with E-state index < -0.39 is 5.97 Å². The maximum Gasteiger partial charge on any atom is 0.338 e. The van der Waals surface area contributed by atoms with Crippen molar-refractivity contribution in [2.24, 2.45) is 0 Å². The maximum atomic E-state index is 12.2. The molecule has 0 aliphatic carbocycles. The van der Waals surface area contributed by atoms with Gasteiger partial charge in [-0.25, -0.2) is 4.79 Å². The first-order valence-corrected chi connectivity index (χ1v) is 8.24. The number of hydrogen-bond acceptors (Lipinski definition) is 5. The molecule has 2 N–H and O–H groups in total. The van der Waals surface area contributed by atoms with Gasteiger partial charge in [0.15, 0.2) is 0 Å². The largest absolute Gasteiger partial charge is 0.478 e. The average molecular weight is 326 g/mol. The number of anilines is 1. The zero-order chi connectivity index (χ0) is 16.3. The summed E-state index contributed by atoms with van der Waals surface area (Å²) in [7, 11) is 0. The van der Waals surface area contributed by atoms with E-state index in [9.17, 15) is 14.7 Å². The lowest BCUT2D eigenvalue weighted by Gasteiger charge is -2.34. The third-order valence-electron chi connectivity index (χ3n) is 3.48. The van der Waals surface area contributed by atoms with Gasteiger partial charge in [0.2, 0.25) is 5.91 Å². The molecular weight excluding hydrogens is 304 g/mol. The molecule has 1 aliphatic rings. The summed E-state index contributed by atoms with van der Waals surface area (Å²) in [6.45, 7) is 7.57. The lowest BCUT2D eigenvalue weighted by atomic mass is 10.2. The Morgan fingerprint density at radius 2 is 2.05 bits per heavy atom. The van der Waals surface area contributed by atoms with Crippen LogP contribution in [0.1, 0.15) is 36.0 Å². The molecule has 1 aromatic rings. The predicted octanol–water partition coefficient (Wildman–Crippen LogP) is 2.06. The van der Waals surface area contributed by atoms with E-state index in [4.69, 9.17) is 4.74 Å². The molecule has 0 bridgehead atoms. The number of carbonyl (C=O) groups excluding carboxylic acids is 1. The van der Waals surface area contributed by atoms with Gasteiger partial charge in [0, 0.05) is 18.0 Å². The van der Waals surface area contributed by atoms with E-state index in [0.717, 1.165) is 11.3 Å². The van der Waals surface area contributed by atoms with Crippen LogP contribution in [0.4, 0.5) is 5.00 Å². The Morgan fingerprint density at radius 1 is 1.41 bits per heavy atom. The van der Waals surface area contributed by atoms with Crippen molar-refractivity contribution in [3.05, 3.63) is 16.5 Å². The van der Waals surface area contributed by atoms with Crippen molar-refractivity contribution in [2.45, 2.75) is 39.4 Å². The average Bonchev–Trinajstić information content (AvgIpc) is 2.80. The van der Waals surface area contributed by atoms with Crippen molar-refractivity contribution in [1.29, 1.82) is 0 Å². The molecular formula is C15H22N2O4S. The molecule has 22 heavy (non-hydrogen) atoms. The van der Waals surface area contributed by atoms with Gasteiger partial charge in [-0.1, -0.05) is 6.92 Å². The van der Waals surface area contributed by atoms with Crippen LogP contribution in [0.15, 0.2) is 6.07 Å². The normalized spacial score (nSPS) is 22.5. The van der Waals surface area contributed by atoms with E-state index in [1.54, 1.807) is 6.07 Å². The summed E-state index contributed by atoms with van der Waals surface area (Å²) in [6.07, 6.45) is 0.943. The van der Waals surface area contributed by atoms with E-state index in [1.165, 1.54) is 11.3 Å². The van der Waals surface area contributed by atoms with Crippen molar-refractivity contribution in [3.8, 4) is 0 Å². The van der Waals surface area contributed by atoms with Gasteiger partial charge in [0.05, 0.1) is 24.3 Å². The van der Waals surface area contributed by atoms with Crippen LogP contribution in [-0.4, -0.2) is 53.7 Å². The maximum absolute atomic E-state index is 12.2. The number of nitrogens with one attached hydrogen (secondary N) is 1. The Kier molecular flexibility index (Phi) is 5.55. The molecule has 122 valence electrons. The van der Waals surface area contributed by atoms with E-state index in [-0.39, 0.29) is 30.2 Å². The number of rotatable bonds is 5. The molecule has 2 unspecified atom stereocenters. The number of nitrogens with zero attached hydrogens (tertiary/aromatic N) is 1. The zero-order valence-electron chi connectivity index (χ0n) is 13.1. The number of amides is 1. The third kappa shape index (κ3) is 4.28. The number of aromatic carboxylic acids is 1. The molecule has 1 saturated heterocycles. The summed E-state index contributed by atoms with van der Waals surface area (Å²) >= 11 is 1.32. The first-order chi connectivity index (χ1) is 10.4. The molecule has 2 atom stereocenters. The van der Waals surface area contributed by atoms with Crippen LogP contribution >= 0.6 is 11.3 Å². The monoisotopic (exact) mass is 326 g/mol. The molecule has 2 rings (SSSR count). The van der Waals surface area contributed by atoms with Crippen molar-refractivity contribution in [3.63, 3.8) is 0 Å². The van der Waals surface area contributed by atoms with E-state index in [1.807, 2.05) is 25.7 Å². The highest BCUT2D eigenvalue weighted by atomic mass is 32.1. The molecule has 0 spiro atoms. The Labute approximate surface area is 134 Å². The number of carboxylic acid groups (broad SMARTS) is 1. The van der Waals surface area contributed by atoms with Crippen molar-refractivity contribution in [1.82, 2.24) is 4.90 Å². The Bertz CT molecular complexity index is 548. The molecule has 1 aliphatic heterocycles. The van der Waals surface area contributed by atoms with E-state index >= 15 is 0 Å². The zero-order valence-corrected chi connectivity index (χ0v) is 13.9. The highest BCUT2D eigenvalue weighted by molar-refractivity contribution is 7.16. The highest BCUT2D eigenvalue weighted by Crippen LogP contribution is 2.28. The number of ether oxygens (including phenoxy) is 1. The lowest BCUT2D eigenvalue weighted by Crippen LogP contribution is -2.48. The molecule has 2 heterocycles. The second kappa shape index (κ2) is 7.21. The van der Waals surface area contributed by atoms with Crippen LogP contribution in [0.25, 0.3) is 0 Å². The molecule has 6 nitrogen and oxygen atoms in total. The fourth-order valence-electron chi connectivity index (χ4n) is 2.65. The molecule has 1 fully saturated rings. The number of morpholine rings is 1. The van der Waals surface area contributed by atoms with Gasteiger partial charge in [-0.2, -0.15) is 0 Å². The molecule has 1 aromatic heterocycles. The van der Waals surface area contributed by atoms with Gasteiger partial charge in [-0.05, 0) is 26.3 Å². The Morgan fingerprint density at radius 3 is 2.59 bits per heavy atom. The van der Waals surface area contributed by atoms with Gasteiger partial charge in [0.1, 0.15) is 5.00 Å². The SMILES string of the molecule is CCc1cc(C(=O)O)c(NC(=O)CN2CC(C)OC(C)C2)s1. The first kappa shape index (κ1) is 16.9. The van der Waals surface area contributed by atoms with Crippen molar-refractivity contribution >= 4 is 28.2 Å². The summed E-state index contributed by atoms with van der Waals surface area (Å²) in [6, 6.07) is 1.63. The van der Waals surface area contributed by atoms with Crippen molar-refractivity contribution in [2.75, 3.05) is 25.0 Å². The summed E-state index contributed by atoms with van der Waals surface area (Å²) in [5.41, 5.74) is 0.166. The number of aryl methyl sites for hydroxylation is 1. The Hall–Kier alpha value is -1.44.